The van der Waals surface area contributed by atoms with Crippen LogP contribution >= 0.6 is 11.8 Å². The zero-order valence-electron chi connectivity index (χ0n) is 11.1. The minimum atomic E-state index is 0.0216. The molecule has 0 saturated heterocycles. The van der Waals surface area contributed by atoms with Crippen LogP contribution in [0.15, 0.2) is 35.3 Å². The number of thioether (sulfide) groups is 1. The molecule has 1 amide bonds. The van der Waals surface area contributed by atoms with Crippen molar-refractivity contribution in [2.75, 3.05) is 19.6 Å². The molecule has 1 aromatic carbocycles. The number of carbonyl (C=O) groups is 1. The molecular formula is C14H19N3OS. The predicted molar refractivity (Wildman–Crippen MR) is 80.4 cm³/mol. The van der Waals surface area contributed by atoms with Gasteiger partial charge in [0.2, 0.25) is 5.91 Å². The van der Waals surface area contributed by atoms with Gasteiger partial charge in [-0.2, -0.15) is 0 Å². The number of carbonyl (C=O) groups excluding carboxylic acids is 1. The molecule has 1 atom stereocenters. The predicted octanol–water partition coefficient (Wildman–Crippen LogP) is 1.95. The first-order valence-corrected chi connectivity index (χ1v) is 7.44. The van der Waals surface area contributed by atoms with E-state index in [1.165, 1.54) is 5.56 Å². The van der Waals surface area contributed by atoms with E-state index in [0.29, 0.717) is 11.8 Å². The zero-order chi connectivity index (χ0) is 13.5. The van der Waals surface area contributed by atoms with Crippen LogP contribution in [-0.4, -0.2) is 30.7 Å². The molecule has 0 aliphatic carbocycles. The second kappa shape index (κ2) is 7.19. The van der Waals surface area contributed by atoms with Crippen LogP contribution in [0.2, 0.25) is 0 Å². The summed E-state index contributed by atoms with van der Waals surface area (Å²) in [5.41, 5.74) is 1.28. The second-order valence-electron chi connectivity index (χ2n) is 4.37. The minimum absolute atomic E-state index is 0.0216. The average molecular weight is 277 g/mol. The van der Waals surface area contributed by atoms with Crippen molar-refractivity contribution in [1.29, 1.82) is 0 Å². The van der Waals surface area contributed by atoms with Gasteiger partial charge in [0.15, 0.2) is 5.17 Å². The molecule has 19 heavy (non-hydrogen) atoms. The maximum atomic E-state index is 11.5. The van der Waals surface area contributed by atoms with E-state index >= 15 is 0 Å². The number of nitrogens with one attached hydrogen (secondary N) is 2. The fraction of sp³-hybridized carbons (Fsp3) is 0.429. The first-order chi connectivity index (χ1) is 9.29. The van der Waals surface area contributed by atoms with Gasteiger partial charge < -0.3 is 10.6 Å². The molecule has 0 aromatic heterocycles. The molecule has 1 aliphatic rings. The van der Waals surface area contributed by atoms with E-state index in [1.54, 1.807) is 11.8 Å². The van der Waals surface area contributed by atoms with Crippen molar-refractivity contribution < 1.29 is 4.79 Å². The lowest BCUT2D eigenvalue weighted by molar-refractivity contribution is -0.119. The van der Waals surface area contributed by atoms with Crippen LogP contribution in [0.1, 0.15) is 24.2 Å². The van der Waals surface area contributed by atoms with Gasteiger partial charge in [0, 0.05) is 6.54 Å². The van der Waals surface area contributed by atoms with E-state index in [4.69, 9.17) is 0 Å². The Kier molecular flexibility index (Phi) is 5.27. The van der Waals surface area contributed by atoms with Crippen molar-refractivity contribution in [1.82, 2.24) is 10.6 Å². The highest BCUT2D eigenvalue weighted by Crippen LogP contribution is 2.33. The highest BCUT2D eigenvalue weighted by atomic mass is 32.2. The van der Waals surface area contributed by atoms with Crippen molar-refractivity contribution in [3.63, 3.8) is 0 Å². The molecule has 1 unspecified atom stereocenters. The van der Waals surface area contributed by atoms with E-state index in [0.717, 1.165) is 24.7 Å². The van der Waals surface area contributed by atoms with Crippen LogP contribution < -0.4 is 10.6 Å². The maximum Gasteiger partial charge on any atom is 0.239 e. The SMILES string of the molecule is CCCNC(=O)CNC1=NCC(c2ccccc2)S1. The molecule has 0 bridgehead atoms. The smallest absolute Gasteiger partial charge is 0.239 e. The Morgan fingerprint density at radius 1 is 1.42 bits per heavy atom. The number of amides is 1. The van der Waals surface area contributed by atoms with Gasteiger partial charge in [-0.05, 0) is 12.0 Å². The lowest BCUT2D eigenvalue weighted by atomic mass is 10.1. The molecule has 2 N–H and O–H groups in total. The molecule has 0 spiro atoms. The number of hydrogen-bond donors (Lipinski definition) is 2. The summed E-state index contributed by atoms with van der Waals surface area (Å²) in [4.78, 5) is 15.9. The summed E-state index contributed by atoms with van der Waals surface area (Å²) in [6, 6.07) is 10.3. The van der Waals surface area contributed by atoms with Crippen molar-refractivity contribution in [2.24, 2.45) is 4.99 Å². The molecule has 0 saturated carbocycles. The minimum Gasteiger partial charge on any atom is -0.356 e. The Morgan fingerprint density at radius 2 is 2.21 bits per heavy atom. The largest absolute Gasteiger partial charge is 0.356 e. The zero-order valence-corrected chi connectivity index (χ0v) is 11.9. The molecular weight excluding hydrogens is 258 g/mol. The first kappa shape index (κ1) is 13.9. The molecule has 102 valence electrons. The molecule has 4 nitrogen and oxygen atoms in total. The summed E-state index contributed by atoms with van der Waals surface area (Å²) < 4.78 is 0. The standard InChI is InChI=1S/C14H19N3OS/c1-2-8-15-13(18)10-17-14-16-9-12(19-14)11-6-4-3-5-7-11/h3-7,12H,2,8-10H2,1H3,(H,15,18)(H,16,17). The topological polar surface area (TPSA) is 53.5 Å². The summed E-state index contributed by atoms with van der Waals surface area (Å²) in [6.07, 6.45) is 0.956. The van der Waals surface area contributed by atoms with Crippen LogP contribution in [0.5, 0.6) is 0 Å². The molecule has 5 heteroatoms. The van der Waals surface area contributed by atoms with Gasteiger partial charge in [-0.15, -0.1) is 0 Å². The summed E-state index contributed by atoms with van der Waals surface area (Å²) in [7, 11) is 0. The Balaban J connectivity index is 1.75. The van der Waals surface area contributed by atoms with Crippen molar-refractivity contribution in [3.05, 3.63) is 35.9 Å². The van der Waals surface area contributed by atoms with Crippen molar-refractivity contribution in [3.8, 4) is 0 Å². The number of nitrogens with zero attached hydrogens (tertiary/aromatic N) is 1. The summed E-state index contributed by atoms with van der Waals surface area (Å²) in [5.74, 6) is 0.0216. The van der Waals surface area contributed by atoms with Gasteiger partial charge in [-0.1, -0.05) is 49.0 Å². The third-order valence-corrected chi connectivity index (χ3v) is 4.00. The van der Waals surface area contributed by atoms with Gasteiger partial charge >= 0.3 is 0 Å². The molecule has 0 radical (unpaired) electrons. The Morgan fingerprint density at radius 3 is 2.95 bits per heavy atom. The fourth-order valence-electron chi connectivity index (χ4n) is 1.80. The normalized spacial score (nSPS) is 17.9. The number of aliphatic imine (C=N–C) groups is 1. The molecule has 0 fully saturated rings. The van der Waals surface area contributed by atoms with Crippen molar-refractivity contribution >= 4 is 22.8 Å². The Labute approximate surface area is 118 Å². The quantitative estimate of drug-likeness (QED) is 0.865. The molecule has 2 rings (SSSR count). The Bertz CT molecular complexity index is 447. The van der Waals surface area contributed by atoms with E-state index in [1.807, 2.05) is 25.1 Å². The van der Waals surface area contributed by atoms with Crippen LogP contribution in [0.3, 0.4) is 0 Å². The third-order valence-electron chi connectivity index (χ3n) is 2.80. The van der Waals surface area contributed by atoms with Gasteiger partial charge in [0.05, 0.1) is 18.3 Å². The molecule has 1 heterocycles. The van der Waals surface area contributed by atoms with Crippen LogP contribution in [-0.2, 0) is 4.79 Å². The van der Waals surface area contributed by atoms with E-state index in [-0.39, 0.29) is 5.91 Å². The van der Waals surface area contributed by atoms with Gasteiger partial charge in [-0.3, -0.25) is 9.79 Å². The fourth-order valence-corrected chi connectivity index (χ4v) is 2.81. The maximum absolute atomic E-state index is 11.5. The summed E-state index contributed by atoms with van der Waals surface area (Å²) in [6.45, 7) is 3.84. The average Bonchev–Trinajstić information content (AvgIpc) is 2.93. The Hall–Kier alpha value is -1.49. The molecule has 1 aromatic rings. The van der Waals surface area contributed by atoms with Crippen LogP contribution in [0, 0.1) is 0 Å². The van der Waals surface area contributed by atoms with E-state index in [2.05, 4.69) is 27.8 Å². The van der Waals surface area contributed by atoms with E-state index in [9.17, 15) is 4.79 Å². The lowest BCUT2D eigenvalue weighted by Crippen LogP contribution is -2.35. The number of benzene rings is 1. The first-order valence-electron chi connectivity index (χ1n) is 6.56. The summed E-state index contributed by atoms with van der Waals surface area (Å²) >= 11 is 1.69. The van der Waals surface area contributed by atoms with E-state index < -0.39 is 0 Å². The highest BCUT2D eigenvalue weighted by Gasteiger charge is 2.21. The monoisotopic (exact) mass is 277 g/mol. The van der Waals surface area contributed by atoms with Gasteiger partial charge in [0.1, 0.15) is 0 Å². The number of amidine groups is 1. The second-order valence-corrected chi connectivity index (χ2v) is 5.56. The third kappa shape index (κ3) is 4.28. The van der Waals surface area contributed by atoms with Crippen LogP contribution in [0.4, 0.5) is 0 Å². The molecule has 1 aliphatic heterocycles. The van der Waals surface area contributed by atoms with Gasteiger partial charge in [-0.25, -0.2) is 0 Å². The summed E-state index contributed by atoms with van der Waals surface area (Å²) in [5, 5.41) is 7.15. The number of hydrogen-bond acceptors (Lipinski definition) is 4. The van der Waals surface area contributed by atoms with Gasteiger partial charge in [0.25, 0.3) is 0 Å². The highest BCUT2D eigenvalue weighted by molar-refractivity contribution is 8.14. The van der Waals surface area contributed by atoms with Crippen molar-refractivity contribution in [2.45, 2.75) is 18.6 Å². The number of rotatable bonds is 5. The van der Waals surface area contributed by atoms with Crippen LogP contribution in [0.25, 0.3) is 0 Å². The lowest BCUT2D eigenvalue weighted by Gasteiger charge is -2.09.